The van der Waals surface area contributed by atoms with Crippen LogP contribution in [0.3, 0.4) is 0 Å². The first-order valence-electron chi connectivity index (χ1n) is 9.71. The van der Waals surface area contributed by atoms with Gasteiger partial charge in [-0.2, -0.15) is 13.2 Å². The van der Waals surface area contributed by atoms with E-state index in [1.165, 1.54) is 19.4 Å². The number of oxazole rings is 1. The number of methoxy groups -OCH3 is 1. The molecule has 0 fully saturated rings. The van der Waals surface area contributed by atoms with Crippen LogP contribution in [0.15, 0.2) is 53.1 Å². The number of aromatic nitrogens is 1. The summed E-state index contributed by atoms with van der Waals surface area (Å²) < 4.78 is 49.2. The number of ether oxygens (including phenoxy) is 1. The zero-order valence-corrected chi connectivity index (χ0v) is 17.9. The molecule has 2 aromatic carbocycles. The van der Waals surface area contributed by atoms with Gasteiger partial charge in [-0.1, -0.05) is 17.7 Å². The smallest absolute Gasteiger partial charge is 0.416 e. The van der Waals surface area contributed by atoms with Gasteiger partial charge in [-0.25, -0.2) is 4.98 Å². The molecule has 1 heterocycles. The summed E-state index contributed by atoms with van der Waals surface area (Å²) in [5, 5.41) is 0. The lowest BCUT2D eigenvalue weighted by atomic mass is 10.1. The molecule has 0 saturated carbocycles. The van der Waals surface area contributed by atoms with E-state index in [4.69, 9.17) is 9.15 Å². The van der Waals surface area contributed by atoms with Crippen molar-refractivity contribution in [2.75, 3.05) is 20.2 Å². The number of hydrogen-bond acceptors (Lipinski definition) is 4. The van der Waals surface area contributed by atoms with Crippen LogP contribution >= 0.6 is 0 Å². The van der Waals surface area contributed by atoms with Gasteiger partial charge in [0.2, 0.25) is 12.3 Å². The molecule has 1 amide bonds. The van der Waals surface area contributed by atoms with Gasteiger partial charge in [-0.05, 0) is 51.1 Å². The third-order valence-electron chi connectivity index (χ3n) is 4.53. The molecule has 0 aliphatic heterocycles. The molecule has 0 unspecified atom stereocenters. The van der Waals surface area contributed by atoms with Crippen LogP contribution in [0.4, 0.5) is 13.2 Å². The molecule has 0 saturated heterocycles. The van der Waals surface area contributed by atoms with Gasteiger partial charge < -0.3 is 14.1 Å². The maximum absolute atomic E-state index is 12.8. The Morgan fingerprint density at radius 2 is 1.84 bits per heavy atom. The van der Waals surface area contributed by atoms with E-state index >= 15 is 0 Å². The predicted molar refractivity (Wildman–Crippen MR) is 113 cm³/mol. The number of hydrogen-bond donors (Lipinski definition) is 0. The van der Waals surface area contributed by atoms with E-state index < -0.39 is 11.7 Å². The Morgan fingerprint density at radius 1 is 1.13 bits per heavy atom. The maximum atomic E-state index is 12.8. The van der Waals surface area contributed by atoms with Gasteiger partial charge in [0.05, 0.1) is 24.4 Å². The van der Waals surface area contributed by atoms with Crippen LogP contribution < -0.4 is 4.74 Å². The standard InChI is InChI=1S/C18H14F3NO2.C5H11NO/c1-11-4-3-5-12(8-11)17-22-10-16(24-17)14-7-6-13(18(19,20)21)9-15(14)23-2;1-3-6(4-2)5-7/h3-10H,1-2H3;5H,3-4H2,1-2H3. The summed E-state index contributed by atoms with van der Waals surface area (Å²) >= 11 is 0. The fraction of sp³-hybridized carbons (Fsp3) is 0.304. The number of benzene rings is 2. The Hall–Kier alpha value is -3.29. The number of aryl methyl sites for hydroxylation is 1. The van der Waals surface area contributed by atoms with Crippen LogP contribution in [0.2, 0.25) is 0 Å². The minimum Gasteiger partial charge on any atom is -0.496 e. The fourth-order valence-electron chi connectivity index (χ4n) is 2.75. The van der Waals surface area contributed by atoms with Crippen molar-refractivity contribution in [3.8, 4) is 28.5 Å². The number of amides is 1. The topological polar surface area (TPSA) is 55.6 Å². The van der Waals surface area contributed by atoms with E-state index in [-0.39, 0.29) is 5.75 Å². The van der Waals surface area contributed by atoms with E-state index in [1.54, 1.807) is 4.90 Å². The molecular formula is C23H25F3N2O3. The highest BCUT2D eigenvalue weighted by Crippen LogP contribution is 2.38. The third-order valence-corrected chi connectivity index (χ3v) is 4.53. The summed E-state index contributed by atoms with van der Waals surface area (Å²) in [4.78, 5) is 15.8. The zero-order valence-electron chi connectivity index (χ0n) is 17.9. The van der Waals surface area contributed by atoms with Gasteiger partial charge in [0.1, 0.15) is 5.75 Å². The van der Waals surface area contributed by atoms with Crippen molar-refractivity contribution in [2.45, 2.75) is 26.9 Å². The summed E-state index contributed by atoms with van der Waals surface area (Å²) in [6, 6.07) is 10.9. The highest BCUT2D eigenvalue weighted by molar-refractivity contribution is 5.68. The maximum Gasteiger partial charge on any atom is 0.416 e. The molecule has 1 aromatic heterocycles. The summed E-state index contributed by atoms with van der Waals surface area (Å²) in [7, 11) is 1.32. The quantitative estimate of drug-likeness (QED) is 0.458. The molecule has 8 heteroatoms. The Bertz CT molecular complexity index is 996. The highest BCUT2D eigenvalue weighted by atomic mass is 19.4. The Kier molecular flexibility index (Phi) is 8.24. The number of carbonyl (C=O) groups is 1. The minimum atomic E-state index is -4.43. The molecule has 0 atom stereocenters. The van der Waals surface area contributed by atoms with Crippen LogP contribution in [0.5, 0.6) is 5.75 Å². The molecule has 3 rings (SSSR count). The molecule has 0 aliphatic rings. The number of nitrogens with zero attached hydrogens (tertiary/aromatic N) is 2. The lowest BCUT2D eigenvalue weighted by Gasteiger charge is -2.11. The van der Waals surface area contributed by atoms with E-state index in [9.17, 15) is 18.0 Å². The largest absolute Gasteiger partial charge is 0.496 e. The van der Waals surface area contributed by atoms with Crippen LogP contribution in [0.1, 0.15) is 25.0 Å². The second-order valence-corrected chi connectivity index (χ2v) is 6.64. The molecule has 0 bridgehead atoms. The Balaban J connectivity index is 0.000000423. The van der Waals surface area contributed by atoms with Gasteiger partial charge in [0.15, 0.2) is 5.76 Å². The van der Waals surface area contributed by atoms with E-state index in [0.717, 1.165) is 42.8 Å². The van der Waals surface area contributed by atoms with Crippen molar-refractivity contribution in [1.29, 1.82) is 0 Å². The van der Waals surface area contributed by atoms with E-state index in [2.05, 4.69) is 4.98 Å². The second-order valence-electron chi connectivity index (χ2n) is 6.64. The fourth-order valence-corrected chi connectivity index (χ4v) is 2.75. The second kappa shape index (κ2) is 10.7. The van der Waals surface area contributed by atoms with E-state index in [0.29, 0.717) is 17.2 Å². The van der Waals surface area contributed by atoms with Gasteiger partial charge in [-0.15, -0.1) is 0 Å². The van der Waals surface area contributed by atoms with Gasteiger partial charge >= 0.3 is 6.18 Å². The van der Waals surface area contributed by atoms with Crippen molar-refractivity contribution in [3.63, 3.8) is 0 Å². The van der Waals surface area contributed by atoms with Crippen molar-refractivity contribution in [1.82, 2.24) is 9.88 Å². The first-order chi connectivity index (χ1) is 14.7. The summed E-state index contributed by atoms with van der Waals surface area (Å²) in [6.07, 6.45) is -2.09. The minimum absolute atomic E-state index is 0.0803. The molecule has 0 N–H and O–H groups in total. The molecule has 5 nitrogen and oxygen atoms in total. The van der Waals surface area contributed by atoms with Crippen molar-refractivity contribution < 1.29 is 27.1 Å². The predicted octanol–water partition coefficient (Wildman–Crippen LogP) is 5.83. The lowest BCUT2D eigenvalue weighted by Crippen LogP contribution is -2.19. The Morgan fingerprint density at radius 3 is 2.35 bits per heavy atom. The van der Waals surface area contributed by atoms with Crippen LogP contribution in [-0.4, -0.2) is 36.5 Å². The molecule has 3 aromatic rings. The molecule has 0 aliphatic carbocycles. The molecular weight excluding hydrogens is 409 g/mol. The summed E-state index contributed by atoms with van der Waals surface area (Å²) in [5.41, 5.74) is 1.49. The molecule has 0 radical (unpaired) electrons. The number of carbonyl (C=O) groups excluding carboxylic acids is 1. The van der Waals surface area contributed by atoms with Gasteiger partial charge in [0, 0.05) is 18.7 Å². The van der Waals surface area contributed by atoms with Crippen LogP contribution in [-0.2, 0) is 11.0 Å². The molecule has 0 spiro atoms. The van der Waals surface area contributed by atoms with Crippen molar-refractivity contribution in [3.05, 3.63) is 59.8 Å². The van der Waals surface area contributed by atoms with Crippen molar-refractivity contribution in [2.24, 2.45) is 0 Å². The average molecular weight is 434 g/mol. The number of alkyl halides is 3. The van der Waals surface area contributed by atoms with Gasteiger partial charge in [-0.3, -0.25) is 4.79 Å². The third kappa shape index (κ3) is 6.34. The molecule has 31 heavy (non-hydrogen) atoms. The van der Waals surface area contributed by atoms with E-state index in [1.807, 2.05) is 45.0 Å². The SMILES string of the molecule is CCN(C=O)CC.COc1cc(C(F)(F)F)ccc1-c1cnc(-c2cccc(C)c2)o1. The lowest BCUT2D eigenvalue weighted by molar-refractivity contribution is -0.137. The summed E-state index contributed by atoms with van der Waals surface area (Å²) in [5.74, 6) is 0.824. The number of rotatable bonds is 6. The first kappa shape index (κ1) is 24.0. The van der Waals surface area contributed by atoms with Gasteiger partial charge in [0.25, 0.3) is 0 Å². The first-order valence-corrected chi connectivity index (χ1v) is 9.71. The normalized spacial score (nSPS) is 10.8. The van der Waals surface area contributed by atoms with Crippen LogP contribution in [0, 0.1) is 6.92 Å². The average Bonchev–Trinajstić information content (AvgIpc) is 3.24. The summed E-state index contributed by atoms with van der Waals surface area (Å²) in [6.45, 7) is 7.50. The van der Waals surface area contributed by atoms with Crippen LogP contribution in [0.25, 0.3) is 22.8 Å². The monoisotopic (exact) mass is 434 g/mol. The number of halogens is 3. The zero-order chi connectivity index (χ0) is 23.0. The molecule has 166 valence electrons. The Labute approximate surface area is 179 Å². The highest BCUT2D eigenvalue weighted by Gasteiger charge is 2.31. The van der Waals surface area contributed by atoms with Crippen molar-refractivity contribution >= 4 is 6.41 Å².